The number of para-hydroxylation sites is 1. The van der Waals surface area contributed by atoms with E-state index in [1.165, 1.54) is 0 Å². The molecule has 3 heterocycles. The van der Waals surface area contributed by atoms with Crippen LogP contribution in [0.4, 0.5) is 0 Å². The Bertz CT molecular complexity index is 1810. The zero-order valence-electron chi connectivity index (χ0n) is 29.4. The van der Waals surface area contributed by atoms with Crippen LogP contribution in [0.25, 0.3) is 10.9 Å². The van der Waals surface area contributed by atoms with E-state index in [1.807, 2.05) is 44.2 Å². The molecule has 7 amide bonds. The van der Waals surface area contributed by atoms with Crippen molar-refractivity contribution in [2.24, 2.45) is 11.8 Å². The Morgan fingerprint density at radius 3 is 1.98 bits per heavy atom. The molecule has 276 valence electrons. The normalized spacial score (nSPS) is 25.6. The molecular formula is C37H46N8O7. The Morgan fingerprint density at radius 1 is 0.615 bits per heavy atom. The van der Waals surface area contributed by atoms with Crippen LogP contribution < -0.4 is 37.2 Å². The lowest BCUT2D eigenvalue weighted by Crippen LogP contribution is -2.62. The van der Waals surface area contributed by atoms with Crippen molar-refractivity contribution in [2.45, 2.75) is 76.7 Å². The number of aromatic nitrogens is 1. The minimum Gasteiger partial charge on any atom is -0.361 e. The highest BCUT2D eigenvalue weighted by atomic mass is 16.2. The number of amides is 7. The SMILES string of the molecule is CC(C)C[C@@H]1NC(=O)[C@@H]2CNC(=O)C[C@H](NC(=O)[C@H](C)CNC1=O)C(=O)N[C@@H](Cc1c[nH]c3ccccc13)C(=O)N[C@@H](Cc1ccccc1)C(=O)N2. The molecule has 0 saturated carbocycles. The fraction of sp³-hybridized carbons (Fsp3) is 0.432. The summed E-state index contributed by atoms with van der Waals surface area (Å²) < 4.78 is 0. The van der Waals surface area contributed by atoms with Gasteiger partial charge in [0, 0.05) is 43.0 Å². The van der Waals surface area contributed by atoms with Gasteiger partial charge in [-0.3, -0.25) is 33.6 Å². The third-order valence-corrected chi connectivity index (χ3v) is 9.18. The van der Waals surface area contributed by atoms with Crippen LogP contribution in [0.15, 0.2) is 60.8 Å². The molecule has 2 fully saturated rings. The van der Waals surface area contributed by atoms with Gasteiger partial charge in [0.15, 0.2) is 0 Å². The quantitative estimate of drug-likeness (QED) is 0.170. The topological polar surface area (TPSA) is 219 Å². The van der Waals surface area contributed by atoms with Crippen molar-refractivity contribution in [1.29, 1.82) is 0 Å². The Kier molecular flexibility index (Phi) is 12.3. The molecule has 15 nitrogen and oxygen atoms in total. The highest BCUT2D eigenvalue weighted by Gasteiger charge is 2.36. The van der Waals surface area contributed by atoms with Gasteiger partial charge in [0.25, 0.3) is 0 Å². The van der Waals surface area contributed by atoms with E-state index in [1.54, 1.807) is 37.4 Å². The molecule has 6 atom stereocenters. The van der Waals surface area contributed by atoms with Crippen LogP contribution >= 0.6 is 0 Å². The number of nitrogens with one attached hydrogen (secondary N) is 8. The molecule has 0 unspecified atom stereocenters. The van der Waals surface area contributed by atoms with Crippen LogP contribution in [0, 0.1) is 11.8 Å². The number of fused-ring (bicyclic) bond motifs is 6. The van der Waals surface area contributed by atoms with Crippen molar-refractivity contribution in [3.63, 3.8) is 0 Å². The Labute approximate surface area is 301 Å². The molecule has 5 rings (SSSR count). The van der Waals surface area contributed by atoms with Gasteiger partial charge in [0.05, 0.1) is 12.3 Å². The van der Waals surface area contributed by atoms with Gasteiger partial charge < -0.3 is 42.2 Å². The second-order valence-electron chi connectivity index (χ2n) is 13.8. The zero-order valence-corrected chi connectivity index (χ0v) is 29.4. The minimum absolute atomic E-state index is 0.00116. The van der Waals surface area contributed by atoms with Crippen molar-refractivity contribution in [3.8, 4) is 0 Å². The standard InChI is InChI=1S/C37H46N8O7/c1-20(2)13-26-33(48)40-17-21(3)32(47)41-29-16-31(46)39-19-30(37(52)42-26)45-34(49)27(14-22-9-5-4-6-10-22)43-35(50)28(44-36(29)51)15-23-18-38-25-12-8-7-11-24(23)25/h4-12,18,20-21,26-30,38H,13-17,19H2,1-3H3,(H,39,46)(H,40,48)(H,41,47)(H,42,52)(H,43,50)(H,44,51)(H,45,49)/t21-,26+,27+,28+,29+,30+/m1/s1. The van der Waals surface area contributed by atoms with Crippen LogP contribution in [-0.4, -0.2) is 89.6 Å². The van der Waals surface area contributed by atoms with Gasteiger partial charge in [-0.05, 0) is 29.5 Å². The number of H-pyrrole nitrogens is 1. The van der Waals surface area contributed by atoms with E-state index in [4.69, 9.17) is 0 Å². The van der Waals surface area contributed by atoms with Gasteiger partial charge >= 0.3 is 0 Å². The minimum atomic E-state index is -1.42. The van der Waals surface area contributed by atoms with Crippen LogP contribution in [0.2, 0.25) is 0 Å². The summed E-state index contributed by atoms with van der Waals surface area (Å²) in [6, 6.07) is 10.1. The van der Waals surface area contributed by atoms with E-state index >= 15 is 0 Å². The van der Waals surface area contributed by atoms with Crippen molar-refractivity contribution in [2.75, 3.05) is 13.1 Å². The lowest BCUT2D eigenvalue weighted by Gasteiger charge is -2.28. The second kappa shape index (κ2) is 17.0. The van der Waals surface area contributed by atoms with Crippen LogP contribution in [0.1, 0.15) is 44.7 Å². The largest absolute Gasteiger partial charge is 0.361 e. The summed E-state index contributed by atoms with van der Waals surface area (Å²) in [5.41, 5.74) is 2.22. The molecule has 1 aromatic heterocycles. The molecule has 52 heavy (non-hydrogen) atoms. The smallest absolute Gasteiger partial charge is 0.245 e. The molecule has 2 aliphatic heterocycles. The van der Waals surface area contributed by atoms with Gasteiger partial charge in [-0.15, -0.1) is 0 Å². The van der Waals surface area contributed by atoms with Gasteiger partial charge in [-0.2, -0.15) is 0 Å². The monoisotopic (exact) mass is 714 g/mol. The van der Waals surface area contributed by atoms with E-state index in [-0.39, 0.29) is 31.7 Å². The molecule has 0 aliphatic carbocycles. The fourth-order valence-corrected chi connectivity index (χ4v) is 6.26. The summed E-state index contributed by atoms with van der Waals surface area (Å²) in [5, 5.41) is 19.6. The van der Waals surface area contributed by atoms with Gasteiger partial charge in [-0.1, -0.05) is 69.3 Å². The Balaban J connectivity index is 1.56. The number of carbonyl (C=O) groups excluding carboxylic acids is 7. The molecule has 2 aromatic carbocycles. The predicted octanol–water partition coefficient (Wildman–Crippen LogP) is -0.291. The van der Waals surface area contributed by atoms with Crippen molar-refractivity contribution >= 4 is 52.3 Å². The lowest BCUT2D eigenvalue weighted by atomic mass is 10.0. The van der Waals surface area contributed by atoms with Crippen LogP contribution in [0.5, 0.6) is 0 Å². The van der Waals surface area contributed by atoms with Gasteiger partial charge in [-0.25, -0.2) is 0 Å². The average molecular weight is 715 g/mol. The summed E-state index contributed by atoms with van der Waals surface area (Å²) in [4.78, 5) is 99.1. The lowest BCUT2D eigenvalue weighted by molar-refractivity contribution is -0.136. The van der Waals surface area contributed by atoms with Crippen LogP contribution in [-0.2, 0) is 46.4 Å². The molecule has 0 spiro atoms. The molecule has 2 aliphatic rings. The van der Waals surface area contributed by atoms with E-state index in [0.717, 1.165) is 10.9 Å². The molecule has 8 N–H and O–H groups in total. The summed E-state index contributed by atoms with van der Waals surface area (Å²) in [6.45, 7) is 4.77. The molecule has 2 bridgehead atoms. The average Bonchev–Trinajstić information content (AvgIpc) is 3.52. The van der Waals surface area contributed by atoms with E-state index in [0.29, 0.717) is 11.1 Å². The Hall–Kier alpha value is -5.73. The van der Waals surface area contributed by atoms with Crippen molar-refractivity contribution in [3.05, 3.63) is 71.9 Å². The molecule has 0 radical (unpaired) electrons. The number of hydrogen-bond acceptors (Lipinski definition) is 7. The zero-order chi connectivity index (χ0) is 37.4. The first-order chi connectivity index (χ1) is 24.9. The predicted molar refractivity (Wildman–Crippen MR) is 191 cm³/mol. The Morgan fingerprint density at radius 2 is 1.23 bits per heavy atom. The highest BCUT2D eigenvalue weighted by Crippen LogP contribution is 2.20. The van der Waals surface area contributed by atoms with Gasteiger partial charge in [0.1, 0.15) is 30.2 Å². The summed E-state index contributed by atoms with van der Waals surface area (Å²) in [5.74, 6) is -5.66. The number of rotatable bonds is 6. The van der Waals surface area contributed by atoms with E-state index in [2.05, 4.69) is 42.2 Å². The van der Waals surface area contributed by atoms with E-state index in [9.17, 15) is 33.6 Å². The molecule has 15 heteroatoms. The highest BCUT2D eigenvalue weighted by molar-refractivity contribution is 5.99. The third-order valence-electron chi connectivity index (χ3n) is 9.18. The number of aromatic amines is 1. The second-order valence-corrected chi connectivity index (χ2v) is 13.8. The maximum atomic E-state index is 14.2. The first kappa shape index (κ1) is 37.5. The van der Waals surface area contributed by atoms with Gasteiger partial charge in [0.2, 0.25) is 41.4 Å². The molecular weight excluding hydrogens is 668 g/mol. The number of hydrogen-bond donors (Lipinski definition) is 8. The third kappa shape index (κ3) is 9.74. The first-order valence-electron chi connectivity index (χ1n) is 17.5. The molecule has 3 aromatic rings. The maximum absolute atomic E-state index is 14.2. The molecule has 2 saturated heterocycles. The summed E-state index contributed by atoms with van der Waals surface area (Å²) in [7, 11) is 0. The van der Waals surface area contributed by atoms with Crippen molar-refractivity contribution < 1.29 is 33.6 Å². The number of carbonyl (C=O) groups is 7. The fourth-order valence-electron chi connectivity index (χ4n) is 6.26. The first-order valence-corrected chi connectivity index (χ1v) is 17.5. The maximum Gasteiger partial charge on any atom is 0.245 e. The van der Waals surface area contributed by atoms with Crippen molar-refractivity contribution in [1.82, 2.24) is 42.2 Å². The summed E-state index contributed by atoms with van der Waals surface area (Å²) >= 11 is 0. The van der Waals surface area contributed by atoms with Crippen LogP contribution in [0.3, 0.4) is 0 Å². The number of benzene rings is 2. The summed E-state index contributed by atoms with van der Waals surface area (Å²) in [6.07, 6.45) is 1.47. The van der Waals surface area contributed by atoms with E-state index < -0.39 is 90.4 Å².